The number of phenols is 1. The summed E-state index contributed by atoms with van der Waals surface area (Å²) in [6.45, 7) is -0.415. The van der Waals surface area contributed by atoms with E-state index in [0.29, 0.717) is 5.56 Å². The Balaban J connectivity index is 2.99. The summed E-state index contributed by atoms with van der Waals surface area (Å²) in [5.74, 6) is -0.924. The molecule has 0 saturated carbocycles. The Labute approximate surface area is 92.9 Å². The van der Waals surface area contributed by atoms with Gasteiger partial charge in [-0.2, -0.15) is 0 Å². The molecule has 0 aliphatic rings. The lowest BCUT2D eigenvalue weighted by atomic mass is 10.0. The lowest BCUT2D eigenvalue weighted by Crippen LogP contribution is -2.15. The maximum absolute atomic E-state index is 11.2. The van der Waals surface area contributed by atoms with Crippen LogP contribution in [0.25, 0.3) is 0 Å². The topological polar surface area (TPSA) is 87.0 Å². The van der Waals surface area contributed by atoms with E-state index in [1.54, 1.807) is 0 Å². The van der Waals surface area contributed by atoms with Crippen molar-refractivity contribution >= 4 is 5.97 Å². The van der Waals surface area contributed by atoms with Gasteiger partial charge >= 0.3 is 5.97 Å². The zero-order valence-electron chi connectivity index (χ0n) is 8.80. The zero-order valence-corrected chi connectivity index (χ0v) is 8.80. The van der Waals surface area contributed by atoms with E-state index in [-0.39, 0.29) is 17.7 Å². The highest BCUT2D eigenvalue weighted by atomic mass is 16.5. The fourth-order valence-corrected chi connectivity index (χ4v) is 1.27. The molecule has 0 fully saturated rings. The highest BCUT2D eigenvalue weighted by Crippen LogP contribution is 2.24. The van der Waals surface area contributed by atoms with E-state index in [9.17, 15) is 15.0 Å². The normalized spacial score (nSPS) is 12.2. The summed E-state index contributed by atoms with van der Waals surface area (Å²) in [5, 5.41) is 27.6. The van der Waals surface area contributed by atoms with E-state index >= 15 is 0 Å². The van der Waals surface area contributed by atoms with Gasteiger partial charge in [-0.25, -0.2) is 4.79 Å². The Morgan fingerprint density at radius 2 is 2.25 bits per heavy atom. The molecule has 1 radical (unpaired) electrons. The van der Waals surface area contributed by atoms with Crippen LogP contribution in [0, 0.1) is 6.07 Å². The number of benzene rings is 1. The summed E-state index contributed by atoms with van der Waals surface area (Å²) in [5.41, 5.74) is 0.328. The molecule has 0 saturated heterocycles. The molecular formula is C11H13O5. The minimum Gasteiger partial charge on any atom is -0.507 e. The first-order valence-electron chi connectivity index (χ1n) is 4.69. The van der Waals surface area contributed by atoms with Crippen LogP contribution in [-0.2, 0) is 11.2 Å². The second-order valence-electron chi connectivity index (χ2n) is 3.27. The number of esters is 1. The van der Waals surface area contributed by atoms with Crippen LogP contribution in [-0.4, -0.2) is 41.1 Å². The van der Waals surface area contributed by atoms with Gasteiger partial charge in [0.25, 0.3) is 0 Å². The van der Waals surface area contributed by atoms with Crippen LogP contribution in [0.3, 0.4) is 0 Å². The molecule has 5 heteroatoms. The molecule has 16 heavy (non-hydrogen) atoms. The van der Waals surface area contributed by atoms with Crippen LogP contribution in [0.2, 0.25) is 0 Å². The van der Waals surface area contributed by atoms with Gasteiger partial charge in [-0.3, -0.25) is 0 Å². The smallest absolute Gasteiger partial charge is 0.341 e. The standard InChI is InChI=1S/C11H13O5/c1-16-11(15)9-4-2-3-7(10(9)14)5-8(13)6-12/h3-4,8,12-14H,5-6H2,1H3. The van der Waals surface area contributed by atoms with E-state index in [1.165, 1.54) is 19.2 Å². The van der Waals surface area contributed by atoms with E-state index in [4.69, 9.17) is 5.11 Å². The Hall–Kier alpha value is -1.59. The van der Waals surface area contributed by atoms with Gasteiger partial charge in [0.2, 0.25) is 0 Å². The summed E-state index contributed by atoms with van der Waals surface area (Å²) in [7, 11) is 1.21. The van der Waals surface area contributed by atoms with Crippen LogP contribution in [0.1, 0.15) is 15.9 Å². The third-order valence-electron chi connectivity index (χ3n) is 2.12. The lowest BCUT2D eigenvalue weighted by Gasteiger charge is -2.10. The molecule has 1 aromatic rings. The first kappa shape index (κ1) is 12.5. The van der Waals surface area contributed by atoms with Crippen LogP contribution in [0.15, 0.2) is 12.1 Å². The summed E-state index contributed by atoms with van der Waals surface area (Å²) in [6.07, 6.45) is -0.934. The third-order valence-corrected chi connectivity index (χ3v) is 2.12. The zero-order chi connectivity index (χ0) is 12.1. The average molecular weight is 225 g/mol. The fourth-order valence-electron chi connectivity index (χ4n) is 1.27. The minimum absolute atomic E-state index is 0.00913. The number of rotatable bonds is 4. The van der Waals surface area contributed by atoms with E-state index in [1.807, 2.05) is 0 Å². The van der Waals surface area contributed by atoms with Gasteiger partial charge in [0, 0.05) is 6.42 Å². The highest BCUT2D eigenvalue weighted by molar-refractivity contribution is 5.92. The van der Waals surface area contributed by atoms with Gasteiger partial charge in [-0.15, -0.1) is 0 Å². The molecule has 0 heterocycles. The van der Waals surface area contributed by atoms with Gasteiger partial charge in [0.1, 0.15) is 11.3 Å². The molecule has 87 valence electrons. The van der Waals surface area contributed by atoms with Crippen LogP contribution in [0.4, 0.5) is 0 Å². The number of carbonyl (C=O) groups is 1. The second kappa shape index (κ2) is 5.48. The number of hydrogen-bond acceptors (Lipinski definition) is 5. The molecule has 0 aliphatic carbocycles. The summed E-state index contributed by atoms with van der Waals surface area (Å²) in [6, 6.07) is 5.41. The maximum Gasteiger partial charge on any atom is 0.341 e. The summed E-state index contributed by atoms with van der Waals surface area (Å²) in [4.78, 5) is 11.2. The SMILES string of the molecule is COC(=O)c1c[c]cc(CC(O)CO)c1O. The van der Waals surface area contributed by atoms with Crippen molar-refractivity contribution in [1.82, 2.24) is 0 Å². The second-order valence-corrected chi connectivity index (χ2v) is 3.27. The molecule has 1 atom stereocenters. The predicted molar refractivity (Wildman–Crippen MR) is 55.1 cm³/mol. The molecule has 0 aliphatic heterocycles. The first-order valence-corrected chi connectivity index (χ1v) is 4.69. The monoisotopic (exact) mass is 225 g/mol. The van der Waals surface area contributed by atoms with Crippen molar-refractivity contribution in [3.63, 3.8) is 0 Å². The minimum atomic E-state index is -0.979. The largest absolute Gasteiger partial charge is 0.507 e. The highest BCUT2D eigenvalue weighted by Gasteiger charge is 2.16. The lowest BCUT2D eigenvalue weighted by molar-refractivity contribution is 0.0596. The summed E-state index contributed by atoms with van der Waals surface area (Å²) < 4.78 is 4.47. The predicted octanol–water partition coefficient (Wildman–Crippen LogP) is -0.125. The number of hydrogen-bond donors (Lipinski definition) is 3. The molecule has 1 aromatic carbocycles. The number of aromatic hydroxyl groups is 1. The molecule has 0 amide bonds. The fraction of sp³-hybridized carbons (Fsp3) is 0.364. The van der Waals surface area contributed by atoms with Crippen LogP contribution >= 0.6 is 0 Å². The summed E-state index contributed by atoms with van der Waals surface area (Å²) >= 11 is 0. The first-order chi connectivity index (χ1) is 7.60. The third kappa shape index (κ3) is 2.71. The van der Waals surface area contributed by atoms with Gasteiger partial charge in [0.15, 0.2) is 0 Å². The van der Waals surface area contributed by atoms with Gasteiger partial charge < -0.3 is 20.1 Å². The Kier molecular flexibility index (Phi) is 4.28. The molecule has 0 spiro atoms. The van der Waals surface area contributed by atoms with Crippen molar-refractivity contribution in [1.29, 1.82) is 0 Å². The molecule has 3 N–H and O–H groups in total. The number of phenolic OH excluding ortho intramolecular Hbond substituents is 1. The van der Waals surface area contributed by atoms with Crippen molar-refractivity contribution in [2.75, 3.05) is 13.7 Å². The molecule has 1 unspecified atom stereocenters. The number of ether oxygens (including phenoxy) is 1. The Morgan fingerprint density at radius 3 is 2.81 bits per heavy atom. The van der Waals surface area contributed by atoms with Crippen molar-refractivity contribution in [3.8, 4) is 5.75 Å². The van der Waals surface area contributed by atoms with Gasteiger partial charge in [-0.05, 0) is 23.8 Å². The Morgan fingerprint density at radius 1 is 1.56 bits per heavy atom. The van der Waals surface area contributed by atoms with E-state index in [2.05, 4.69) is 10.8 Å². The maximum atomic E-state index is 11.2. The van der Waals surface area contributed by atoms with Gasteiger partial charge in [0.05, 0.1) is 19.8 Å². The van der Waals surface area contributed by atoms with Crippen molar-refractivity contribution in [2.24, 2.45) is 0 Å². The number of aliphatic hydroxyl groups excluding tert-OH is 2. The van der Waals surface area contributed by atoms with Crippen molar-refractivity contribution in [2.45, 2.75) is 12.5 Å². The number of methoxy groups -OCH3 is 1. The molecule has 0 bridgehead atoms. The van der Waals surface area contributed by atoms with Crippen LogP contribution in [0.5, 0.6) is 5.75 Å². The molecule has 5 nitrogen and oxygen atoms in total. The van der Waals surface area contributed by atoms with Gasteiger partial charge in [-0.1, -0.05) is 0 Å². The molecular weight excluding hydrogens is 212 g/mol. The number of aliphatic hydroxyl groups is 2. The number of carbonyl (C=O) groups excluding carboxylic acids is 1. The van der Waals surface area contributed by atoms with E-state index in [0.717, 1.165) is 0 Å². The van der Waals surface area contributed by atoms with Crippen molar-refractivity contribution < 1.29 is 24.9 Å². The van der Waals surface area contributed by atoms with Crippen LogP contribution < -0.4 is 0 Å². The quantitative estimate of drug-likeness (QED) is 0.621. The molecule has 1 rings (SSSR count). The molecule has 0 aromatic heterocycles. The van der Waals surface area contributed by atoms with E-state index < -0.39 is 18.7 Å². The van der Waals surface area contributed by atoms with Crippen molar-refractivity contribution in [3.05, 3.63) is 29.3 Å². The average Bonchev–Trinajstić information content (AvgIpc) is 2.30. The Bertz CT molecular complexity index is 375.